The number of benzene rings is 1. The molecule has 1 aromatic carbocycles. The van der Waals surface area contributed by atoms with Gasteiger partial charge in [-0.25, -0.2) is 4.79 Å². The van der Waals surface area contributed by atoms with Crippen molar-refractivity contribution in [3.8, 4) is 0 Å². The molecule has 0 aromatic heterocycles. The van der Waals surface area contributed by atoms with Gasteiger partial charge in [-0.2, -0.15) is 0 Å². The van der Waals surface area contributed by atoms with Gasteiger partial charge in [-0.15, -0.1) is 0 Å². The second kappa shape index (κ2) is 5.83. The minimum atomic E-state index is -0.311. The van der Waals surface area contributed by atoms with Crippen molar-refractivity contribution in [2.45, 2.75) is 39.2 Å². The van der Waals surface area contributed by atoms with Gasteiger partial charge in [-0.1, -0.05) is 25.4 Å². The van der Waals surface area contributed by atoms with Crippen LogP contribution >= 0.6 is 11.6 Å². The van der Waals surface area contributed by atoms with Gasteiger partial charge in [0.15, 0.2) is 0 Å². The summed E-state index contributed by atoms with van der Waals surface area (Å²) in [7, 11) is 0. The van der Waals surface area contributed by atoms with Gasteiger partial charge in [-0.3, -0.25) is 0 Å². The summed E-state index contributed by atoms with van der Waals surface area (Å²) in [5, 5.41) is 0.389. The number of carbonyl (C=O) groups is 1. The first-order valence-electron chi connectivity index (χ1n) is 6.73. The maximum Gasteiger partial charge on any atom is 0.338 e. The molecule has 0 amide bonds. The van der Waals surface area contributed by atoms with E-state index in [9.17, 15) is 4.79 Å². The normalized spacial score (nSPS) is 27.0. The molecule has 1 aliphatic carbocycles. The van der Waals surface area contributed by atoms with Gasteiger partial charge in [0.05, 0.1) is 16.3 Å². The Morgan fingerprint density at radius 2 is 2.05 bits per heavy atom. The standard InChI is InChI=1S/C15H20ClNO2/c1-9-3-5-12(7-10(9)2)19-15(18)11-4-6-14(17)13(16)8-11/h4,6,8-10,12H,3,5,7,17H2,1-2H3. The molecule has 0 bridgehead atoms. The molecule has 1 aromatic rings. The Balaban J connectivity index is 1.99. The molecule has 19 heavy (non-hydrogen) atoms. The van der Waals surface area contributed by atoms with Crippen LogP contribution in [-0.4, -0.2) is 12.1 Å². The number of anilines is 1. The van der Waals surface area contributed by atoms with E-state index in [0.717, 1.165) is 19.3 Å². The summed E-state index contributed by atoms with van der Waals surface area (Å²) in [4.78, 5) is 12.0. The predicted octanol–water partition coefficient (Wildman–Crippen LogP) is 3.90. The van der Waals surface area contributed by atoms with Gasteiger partial charge >= 0.3 is 5.97 Å². The summed E-state index contributed by atoms with van der Waals surface area (Å²) >= 11 is 5.91. The molecule has 0 saturated heterocycles. The third kappa shape index (κ3) is 3.41. The lowest BCUT2D eigenvalue weighted by Gasteiger charge is -2.31. The fourth-order valence-electron chi connectivity index (χ4n) is 2.48. The lowest BCUT2D eigenvalue weighted by Crippen LogP contribution is -2.28. The zero-order chi connectivity index (χ0) is 14.0. The molecule has 1 saturated carbocycles. The van der Waals surface area contributed by atoms with E-state index in [1.165, 1.54) is 0 Å². The number of hydrogen-bond donors (Lipinski definition) is 1. The highest BCUT2D eigenvalue weighted by atomic mass is 35.5. The van der Waals surface area contributed by atoms with Crippen LogP contribution in [0.25, 0.3) is 0 Å². The van der Waals surface area contributed by atoms with Gasteiger partial charge in [-0.05, 0) is 49.3 Å². The van der Waals surface area contributed by atoms with Crippen molar-refractivity contribution in [1.82, 2.24) is 0 Å². The molecule has 1 aliphatic rings. The molecule has 1 fully saturated rings. The third-order valence-corrected chi connectivity index (χ3v) is 4.39. The van der Waals surface area contributed by atoms with Crippen LogP contribution in [0, 0.1) is 11.8 Å². The number of esters is 1. The smallest absolute Gasteiger partial charge is 0.338 e. The van der Waals surface area contributed by atoms with Gasteiger partial charge in [0.1, 0.15) is 6.10 Å². The monoisotopic (exact) mass is 281 g/mol. The van der Waals surface area contributed by atoms with E-state index in [1.807, 2.05) is 0 Å². The molecule has 104 valence electrons. The Labute approximate surface area is 119 Å². The van der Waals surface area contributed by atoms with E-state index in [-0.39, 0.29) is 12.1 Å². The number of nitrogens with two attached hydrogens (primary N) is 1. The van der Waals surface area contributed by atoms with Gasteiger partial charge in [0.2, 0.25) is 0 Å². The summed E-state index contributed by atoms with van der Waals surface area (Å²) in [6.07, 6.45) is 3.02. The zero-order valence-corrected chi connectivity index (χ0v) is 12.1. The number of hydrogen-bond acceptors (Lipinski definition) is 3. The van der Waals surface area contributed by atoms with Crippen molar-refractivity contribution < 1.29 is 9.53 Å². The molecule has 2 N–H and O–H groups in total. The molecule has 3 nitrogen and oxygen atoms in total. The van der Waals surface area contributed by atoms with Crippen molar-refractivity contribution in [2.75, 3.05) is 5.73 Å². The van der Waals surface area contributed by atoms with Crippen molar-refractivity contribution in [3.63, 3.8) is 0 Å². The highest BCUT2D eigenvalue weighted by Crippen LogP contribution is 2.31. The molecule has 3 atom stereocenters. The second-order valence-corrected chi connectivity index (χ2v) is 5.94. The topological polar surface area (TPSA) is 52.3 Å². The Kier molecular flexibility index (Phi) is 4.35. The largest absolute Gasteiger partial charge is 0.459 e. The number of carbonyl (C=O) groups excluding carboxylic acids is 1. The summed E-state index contributed by atoms with van der Waals surface area (Å²) in [6, 6.07) is 4.84. The van der Waals surface area contributed by atoms with Crippen LogP contribution in [0.2, 0.25) is 5.02 Å². The molecule has 0 heterocycles. The predicted molar refractivity (Wildman–Crippen MR) is 77.2 cm³/mol. The van der Waals surface area contributed by atoms with E-state index < -0.39 is 0 Å². The Morgan fingerprint density at radius 1 is 1.32 bits per heavy atom. The van der Waals surface area contributed by atoms with Crippen LogP contribution in [0.15, 0.2) is 18.2 Å². The van der Waals surface area contributed by atoms with Crippen molar-refractivity contribution >= 4 is 23.3 Å². The zero-order valence-electron chi connectivity index (χ0n) is 11.4. The fourth-order valence-corrected chi connectivity index (χ4v) is 2.66. The van der Waals surface area contributed by atoms with Crippen LogP contribution in [0.5, 0.6) is 0 Å². The van der Waals surface area contributed by atoms with Crippen molar-refractivity contribution in [3.05, 3.63) is 28.8 Å². The van der Waals surface area contributed by atoms with Crippen LogP contribution < -0.4 is 5.73 Å². The first-order chi connectivity index (χ1) is 8.97. The van der Waals surface area contributed by atoms with Crippen molar-refractivity contribution in [2.24, 2.45) is 11.8 Å². The number of ether oxygens (including phenoxy) is 1. The summed E-state index contributed by atoms with van der Waals surface area (Å²) in [5.41, 5.74) is 6.56. The highest BCUT2D eigenvalue weighted by molar-refractivity contribution is 6.33. The molecular formula is C15H20ClNO2. The van der Waals surface area contributed by atoms with Crippen molar-refractivity contribution in [1.29, 1.82) is 0 Å². The number of rotatable bonds is 2. The molecule has 4 heteroatoms. The minimum Gasteiger partial charge on any atom is -0.459 e. The molecule has 0 aliphatic heterocycles. The minimum absolute atomic E-state index is 0.0232. The lowest BCUT2D eigenvalue weighted by atomic mass is 9.80. The van der Waals surface area contributed by atoms with Crippen LogP contribution in [0.4, 0.5) is 5.69 Å². The maximum atomic E-state index is 12.0. The van der Waals surface area contributed by atoms with Crippen LogP contribution in [-0.2, 0) is 4.74 Å². The second-order valence-electron chi connectivity index (χ2n) is 5.53. The quantitative estimate of drug-likeness (QED) is 0.661. The lowest BCUT2D eigenvalue weighted by molar-refractivity contribution is 0.00879. The molecule has 0 spiro atoms. The number of halogens is 1. The van der Waals surface area contributed by atoms with E-state index >= 15 is 0 Å². The van der Waals surface area contributed by atoms with Crippen LogP contribution in [0.1, 0.15) is 43.5 Å². The average molecular weight is 282 g/mol. The maximum absolute atomic E-state index is 12.0. The first-order valence-corrected chi connectivity index (χ1v) is 7.11. The summed E-state index contributed by atoms with van der Waals surface area (Å²) in [5.74, 6) is 0.996. The Bertz CT molecular complexity index is 475. The van der Waals surface area contributed by atoms with E-state index in [2.05, 4.69) is 13.8 Å². The molecular weight excluding hydrogens is 262 g/mol. The SMILES string of the molecule is CC1CCC(OC(=O)c2ccc(N)c(Cl)c2)CC1C. The summed E-state index contributed by atoms with van der Waals surface area (Å²) < 4.78 is 5.55. The average Bonchev–Trinajstić information content (AvgIpc) is 2.37. The van der Waals surface area contributed by atoms with Gasteiger partial charge in [0, 0.05) is 0 Å². The third-order valence-electron chi connectivity index (χ3n) is 4.06. The first kappa shape index (κ1) is 14.2. The Morgan fingerprint density at radius 3 is 2.68 bits per heavy atom. The molecule has 0 radical (unpaired) electrons. The van der Waals surface area contributed by atoms with Gasteiger partial charge < -0.3 is 10.5 Å². The van der Waals surface area contributed by atoms with Gasteiger partial charge in [0.25, 0.3) is 0 Å². The Hall–Kier alpha value is -1.22. The van der Waals surface area contributed by atoms with E-state index in [1.54, 1.807) is 18.2 Å². The fraction of sp³-hybridized carbons (Fsp3) is 0.533. The number of nitrogen functional groups attached to an aromatic ring is 1. The highest BCUT2D eigenvalue weighted by Gasteiger charge is 2.27. The van der Waals surface area contributed by atoms with E-state index in [4.69, 9.17) is 22.1 Å². The van der Waals surface area contributed by atoms with Crippen LogP contribution in [0.3, 0.4) is 0 Å². The molecule has 2 rings (SSSR count). The van der Waals surface area contributed by atoms with E-state index in [0.29, 0.717) is 28.1 Å². The summed E-state index contributed by atoms with van der Waals surface area (Å²) in [6.45, 7) is 4.47. The molecule has 3 unspecified atom stereocenters.